The molecule has 0 fully saturated rings. The molecule has 140 valence electrons. The molecule has 2 aromatic carbocycles. The number of carbonyl (C=O) groups is 2. The van der Waals surface area contributed by atoms with Gasteiger partial charge in [-0.25, -0.2) is 0 Å². The van der Waals surface area contributed by atoms with Crippen molar-refractivity contribution >= 4 is 34.4 Å². The lowest BCUT2D eigenvalue weighted by atomic mass is 10.0. The zero-order valence-electron chi connectivity index (χ0n) is 14.7. The molecular formula is C20H19ClN2O4. The van der Waals surface area contributed by atoms with Gasteiger partial charge in [-0.2, -0.15) is 0 Å². The predicted octanol–water partition coefficient (Wildman–Crippen LogP) is 2.73. The second-order valence-electron chi connectivity index (χ2n) is 6.38. The zero-order valence-corrected chi connectivity index (χ0v) is 15.4. The number of hydrogen-bond donors (Lipinski definition) is 3. The van der Waals surface area contributed by atoms with Gasteiger partial charge in [-0.15, -0.1) is 0 Å². The molecule has 0 aliphatic rings. The summed E-state index contributed by atoms with van der Waals surface area (Å²) in [7, 11) is 0. The highest BCUT2D eigenvalue weighted by Gasteiger charge is 2.29. The fourth-order valence-corrected chi connectivity index (χ4v) is 2.77. The molecule has 7 heteroatoms. The summed E-state index contributed by atoms with van der Waals surface area (Å²) in [6, 6.07) is 16.1. The molecule has 2 amide bonds. The van der Waals surface area contributed by atoms with Gasteiger partial charge in [0.2, 0.25) is 0 Å². The van der Waals surface area contributed by atoms with Gasteiger partial charge in [0, 0.05) is 17.0 Å². The van der Waals surface area contributed by atoms with Crippen molar-refractivity contribution in [2.45, 2.75) is 19.1 Å². The number of carbonyl (C=O) groups excluding carboxylic acids is 2. The van der Waals surface area contributed by atoms with Crippen molar-refractivity contribution in [3.05, 3.63) is 70.9 Å². The number of hydrogen-bond acceptors (Lipinski definition) is 4. The first kappa shape index (κ1) is 18.9. The third kappa shape index (κ3) is 4.48. The molecule has 0 spiro atoms. The summed E-state index contributed by atoms with van der Waals surface area (Å²) in [4.78, 5) is 24.0. The van der Waals surface area contributed by atoms with Gasteiger partial charge in [0.15, 0.2) is 0 Å². The second-order valence-corrected chi connectivity index (χ2v) is 6.79. The molecule has 1 unspecified atom stereocenters. The van der Waals surface area contributed by atoms with E-state index in [1.54, 1.807) is 36.4 Å². The standard InChI is InChI=1S/C20H19ClN2O4/c1-20(26,17-10-13-6-3-5-9-16(13)27-17)12-23-19(25)18(24)22-11-14-7-2-4-8-15(14)21/h2-10,26H,11-12H2,1H3,(H,22,24)(H,23,25). The summed E-state index contributed by atoms with van der Waals surface area (Å²) in [5, 5.41) is 16.9. The number of aliphatic hydroxyl groups is 1. The van der Waals surface area contributed by atoms with Gasteiger partial charge >= 0.3 is 11.8 Å². The Balaban J connectivity index is 1.57. The molecule has 0 saturated heterocycles. The van der Waals surface area contributed by atoms with Crippen LogP contribution >= 0.6 is 11.6 Å². The third-order valence-corrected chi connectivity index (χ3v) is 4.52. The summed E-state index contributed by atoms with van der Waals surface area (Å²) >= 11 is 6.01. The highest BCUT2D eigenvalue weighted by molar-refractivity contribution is 6.35. The molecule has 6 nitrogen and oxygen atoms in total. The van der Waals surface area contributed by atoms with Gasteiger partial charge in [0.1, 0.15) is 16.9 Å². The maximum atomic E-state index is 12.0. The molecule has 0 aliphatic carbocycles. The fourth-order valence-electron chi connectivity index (χ4n) is 2.56. The predicted molar refractivity (Wildman–Crippen MR) is 102 cm³/mol. The Bertz CT molecular complexity index is 948. The first-order valence-corrected chi connectivity index (χ1v) is 8.75. The van der Waals surface area contributed by atoms with Crippen LogP contribution in [0.5, 0.6) is 0 Å². The smallest absolute Gasteiger partial charge is 0.309 e. The quantitative estimate of drug-likeness (QED) is 0.588. The SMILES string of the molecule is CC(O)(CNC(=O)C(=O)NCc1ccccc1Cl)c1cc2ccccc2o1. The van der Waals surface area contributed by atoms with Crippen molar-refractivity contribution in [1.29, 1.82) is 0 Å². The Kier molecular flexibility index (Phi) is 5.48. The number of rotatable bonds is 5. The van der Waals surface area contributed by atoms with E-state index in [2.05, 4.69) is 10.6 Å². The third-order valence-electron chi connectivity index (χ3n) is 4.15. The molecule has 0 aliphatic heterocycles. The van der Waals surface area contributed by atoms with E-state index >= 15 is 0 Å². The average Bonchev–Trinajstić information content (AvgIpc) is 3.10. The maximum Gasteiger partial charge on any atom is 0.309 e. The second kappa shape index (κ2) is 7.82. The monoisotopic (exact) mass is 386 g/mol. The Labute approximate surface area is 161 Å². The Morgan fingerprint density at radius 3 is 2.48 bits per heavy atom. The van der Waals surface area contributed by atoms with Gasteiger partial charge in [0.05, 0.1) is 6.54 Å². The lowest BCUT2D eigenvalue weighted by Crippen LogP contribution is -2.45. The number of amides is 2. The van der Waals surface area contributed by atoms with E-state index in [4.69, 9.17) is 16.0 Å². The Morgan fingerprint density at radius 1 is 1.07 bits per heavy atom. The molecular weight excluding hydrogens is 368 g/mol. The zero-order chi connectivity index (χ0) is 19.4. The number of para-hydroxylation sites is 1. The van der Waals surface area contributed by atoms with E-state index < -0.39 is 17.4 Å². The van der Waals surface area contributed by atoms with Gasteiger partial charge in [0.25, 0.3) is 0 Å². The van der Waals surface area contributed by atoms with E-state index in [9.17, 15) is 14.7 Å². The van der Waals surface area contributed by atoms with Gasteiger partial charge < -0.3 is 20.2 Å². The summed E-state index contributed by atoms with van der Waals surface area (Å²) in [5.41, 5.74) is -0.122. The van der Waals surface area contributed by atoms with Crippen molar-refractivity contribution in [2.75, 3.05) is 6.54 Å². The molecule has 0 radical (unpaired) electrons. The fraction of sp³-hybridized carbons (Fsp3) is 0.200. The minimum Gasteiger partial charge on any atom is -0.458 e. The van der Waals surface area contributed by atoms with E-state index in [-0.39, 0.29) is 13.1 Å². The number of furan rings is 1. The molecule has 1 aromatic heterocycles. The highest BCUT2D eigenvalue weighted by atomic mass is 35.5. The molecule has 1 heterocycles. The first-order valence-electron chi connectivity index (χ1n) is 8.38. The molecule has 1 atom stereocenters. The van der Waals surface area contributed by atoms with Crippen molar-refractivity contribution in [3.63, 3.8) is 0 Å². The summed E-state index contributed by atoms with van der Waals surface area (Å²) in [5.74, 6) is -1.35. The number of fused-ring (bicyclic) bond motifs is 1. The van der Waals surface area contributed by atoms with Crippen LogP contribution in [-0.2, 0) is 21.7 Å². The Morgan fingerprint density at radius 2 is 1.74 bits per heavy atom. The highest BCUT2D eigenvalue weighted by Crippen LogP contribution is 2.27. The molecule has 3 aromatic rings. The topological polar surface area (TPSA) is 91.6 Å². The van der Waals surface area contributed by atoms with Crippen LogP contribution in [0.3, 0.4) is 0 Å². The van der Waals surface area contributed by atoms with E-state index in [1.807, 2.05) is 18.2 Å². The van der Waals surface area contributed by atoms with Crippen LogP contribution in [0, 0.1) is 0 Å². The van der Waals surface area contributed by atoms with Gasteiger partial charge in [-0.1, -0.05) is 48.0 Å². The number of benzene rings is 2. The van der Waals surface area contributed by atoms with Crippen LogP contribution in [0.2, 0.25) is 5.02 Å². The number of halogens is 1. The van der Waals surface area contributed by atoms with Crippen LogP contribution < -0.4 is 10.6 Å². The average molecular weight is 387 g/mol. The molecule has 0 bridgehead atoms. The molecule has 27 heavy (non-hydrogen) atoms. The minimum atomic E-state index is -1.46. The molecule has 3 rings (SSSR count). The normalized spacial score (nSPS) is 13.1. The van der Waals surface area contributed by atoms with Gasteiger partial charge in [-0.05, 0) is 30.7 Å². The van der Waals surface area contributed by atoms with Crippen LogP contribution in [0.25, 0.3) is 11.0 Å². The lowest BCUT2D eigenvalue weighted by molar-refractivity contribution is -0.140. The summed E-state index contributed by atoms with van der Waals surface area (Å²) in [6.07, 6.45) is 0. The maximum absolute atomic E-state index is 12.0. The molecule has 3 N–H and O–H groups in total. The summed E-state index contributed by atoms with van der Waals surface area (Å²) < 4.78 is 5.63. The van der Waals surface area contributed by atoms with Crippen LogP contribution in [-0.4, -0.2) is 23.5 Å². The minimum absolute atomic E-state index is 0.131. The van der Waals surface area contributed by atoms with Crippen molar-refractivity contribution in [3.8, 4) is 0 Å². The van der Waals surface area contributed by atoms with E-state index in [1.165, 1.54) is 6.92 Å². The summed E-state index contributed by atoms with van der Waals surface area (Å²) in [6.45, 7) is 1.46. The lowest BCUT2D eigenvalue weighted by Gasteiger charge is -2.21. The van der Waals surface area contributed by atoms with Crippen LogP contribution in [0.1, 0.15) is 18.2 Å². The Hall–Kier alpha value is -2.83. The van der Waals surface area contributed by atoms with E-state index in [0.29, 0.717) is 21.9 Å². The largest absolute Gasteiger partial charge is 0.458 e. The van der Waals surface area contributed by atoms with Crippen molar-refractivity contribution in [2.24, 2.45) is 0 Å². The molecule has 0 saturated carbocycles. The van der Waals surface area contributed by atoms with Crippen LogP contribution in [0.4, 0.5) is 0 Å². The van der Waals surface area contributed by atoms with Crippen LogP contribution in [0.15, 0.2) is 59.0 Å². The van der Waals surface area contributed by atoms with E-state index in [0.717, 1.165) is 5.39 Å². The first-order chi connectivity index (χ1) is 12.9. The number of nitrogens with one attached hydrogen (secondary N) is 2. The van der Waals surface area contributed by atoms with Gasteiger partial charge in [-0.3, -0.25) is 9.59 Å². The van der Waals surface area contributed by atoms with Crippen molar-refractivity contribution in [1.82, 2.24) is 10.6 Å². The van der Waals surface area contributed by atoms with Crippen molar-refractivity contribution < 1.29 is 19.1 Å².